The predicted molar refractivity (Wildman–Crippen MR) is 116 cm³/mol. The Morgan fingerprint density at radius 2 is 2.39 bits per heavy atom. The number of thiazole rings is 1. The second kappa shape index (κ2) is 10.4. The van der Waals surface area contributed by atoms with Gasteiger partial charge in [-0.1, -0.05) is 12.2 Å². The fourth-order valence-corrected chi connectivity index (χ4v) is 3.29. The van der Waals surface area contributed by atoms with E-state index in [1.54, 1.807) is 12.4 Å². The van der Waals surface area contributed by atoms with Crippen LogP contribution in [-0.4, -0.2) is 42.3 Å². The van der Waals surface area contributed by atoms with E-state index in [2.05, 4.69) is 43.9 Å². The number of anilines is 1. The lowest BCUT2D eigenvalue weighted by Gasteiger charge is -2.14. The molecule has 2 aromatic heterocycles. The smallest absolute Gasteiger partial charge is 0.222 e. The third-order valence-corrected chi connectivity index (χ3v) is 4.73. The maximum absolute atomic E-state index is 5.90. The SMILES string of the molecule is C=N/C=C\C(=C)CCCOc1ncccc1-c1csc(NC2=NCCCN2)n1. The van der Waals surface area contributed by atoms with Crippen LogP contribution < -0.4 is 15.4 Å². The summed E-state index contributed by atoms with van der Waals surface area (Å²) in [6.45, 7) is 9.70. The molecule has 2 N–H and O–H groups in total. The molecule has 3 heterocycles. The molecule has 1 aliphatic rings. The highest BCUT2D eigenvalue weighted by atomic mass is 32.1. The van der Waals surface area contributed by atoms with Gasteiger partial charge >= 0.3 is 0 Å². The van der Waals surface area contributed by atoms with Gasteiger partial charge in [-0.05, 0) is 44.2 Å². The van der Waals surface area contributed by atoms with Crippen LogP contribution in [0, 0.1) is 0 Å². The first-order valence-corrected chi connectivity index (χ1v) is 10.0. The van der Waals surface area contributed by atoms with Crippen molar-refractivity contribution in [3.63, 3.8) is 0 Å². The van der Waals surface area contributed by atoms with E-state index in [1.165, 1.54) is 11.3 Å². The molecule has 7 nitrogen and oxygen atoms in total. The molecule has 0 aromatic carbocycles. The molecule has 28 heavy (non-hydrogen) atoms. The van der Waals surface area contributed by atoms with Crippen molar-refractivity contribution in [2.24, 2.45) is 9.98 Å². The number of nitrogens with one attached hydrogen (secondary N) is 2. The number of hydrogen-bond acceptors (Lipinski definition) is 8. The lowest BCUT2D eigenvalue weighted by molar-refractivity contribution is 0.301. The molecule has 1 aliphatic heterocycles. The van der Waals surface area contributed by atoms with Crippen molar-refractivity contribution in [3.8, 4) is 17.1 Å². The summed E-state index contributed by atoms with van der Waals surface area (Å²) in [5.74, 6) is 1.36. The molecular weight excluding hydrogens is 372 g/mol. The van der Waals surface area contributed by atoms with Crippen LogP contribution in [0.5, 0.6) is 5.88 Å². The van der Waals surface area contributed by atoms with Crippen LogP contribution >= 0.6 is 11.3 Å². The molecule has 0 unspecified atom stereocenters. The van der Waals surface area contributed by atoms with Crippen molar-refractivity contribution in [2.45, 2.75) is 19.3 Å². The Morgan fingerprint density at radius 3 is 3.21 bits per heavy atom. The average Bonchev–Trinajstić information content (AvgIpc) is 3.19. The van der Waals surface area contributed by atoms with Crippen LogP contribution in [0.2, 0.25) is 0 Å². The van der Waals surface area contributed by atoms with Gasteiger partial charge < -0.3 is 15.4 Å². The van der Waals surface area contributed by atoms with E-state index >= 15 is 0 Å². The Morgan fingerprint density at radius 1 is 1.46 bits per heavy atom. The van der Waals surface area contributed by atoms with E-state index in [4.69, 9.17) is 4.74 Å². The van der Waals surface area contributed by atoms with E-state index < -0.39 is 0 Å². The molecule has 8 heteroatoms. The minimum absolute atomic E-state index is 0.550. The summed E-state index contributed by atoms with van der Waals surface area (Å²) in [6, 6.07) is 3.85. The van der Waals surface area contributed by atoms with Gasteiger partial charge in [0.15, 0.2) is 11.1 Å². The van der Waals surface area contributed by atoms with Crippen LogP contribution in [0.15, 0.2) is 58.1 Å². The van der Waals surface area contributed by atoms with Crippen molar-refractivity contribution in [1.82, 2.24) is 15.3 Å². The fraction of sp³-hybridized carbons (Fsp3) is 0.300. The maximum Gasteiger partial charge on any atom is 0.222 e. The highest BCUT2D eigenvalue weighted by Crippen LogP contribution is 2.30. The second-order valence-electron chi connectivity index (χ2n) is 6.14. The van der Waals surface area contributed by atoms with Gasteiger partial charge in [-0.3, -0.25) is 9.98 Å². The zero-order valence-corrected chi connectivity index (χ0v) is 16.5. The molecule has 0 spiro atoms. The molecule has 0 bridgehead atoms. The monoisotopic (exact) mass is 396 g/mol. The second-order valence-corrected chi connectivity index (χ2v) is 7.00. The largest absolute Gasteiger partial charge is 0.477 e. The normalized spacial score (nSPS) is 13.6. The van der Waals surface area contributed by atoms with E-state index in [0.29, 0.717) is 12.5 Å². The molecule has 0 radical (unpaired) electrons. The molecule has 3 rings (SSSR count). The zero-order valence-electron chi connectivity index (χ0n) is 15.7. The predicted octanol–water partition coefficient (Wildman–Crippen LogP) is 3.90. The number of aromatic nitrogens is 2. The maximum atomic E-state index is 5.90. The number of aliphatic imine (C=N–C) groups is 2. The van der Waals surface area contributed by atoms with Gasteiger partial charge in [-0.2, -0.15) is 0 Å². The molecule has 0 aliphatic carbocycles. The van der Waals surface area contributed by atoms with Gasteiger partial charge in [-0.25, -0.2) is 9.97 Å². The molecule has 0 amide bonds. The molecule has 0 saturated carbocycles. The average molecular weight is 397 g/mol. The topological polar surface area (TPSA) is 83.8 Å². The van der Waals surface area contributed by atoms with Crippen LogP contribution in [0.3, 0.4) is 0 Å². The summed E-state index contributed by atoms with van der Waals surface area (Å²) in [6.07, 6.45) is 7.94. The van der Waals surface area contributed by atoms with E-state index in [1.807, 2.05) is 23.6 Å². The number of ether oxygens (including phenoxy) is 1. The Labute approximate surface area is 169 Å². The first-order valence-electron chi connectivity index (χ1n) is 9.15. The third-order valence-electron chi connectivity index (χ3n) is 3.97. The van der Waals surface area contributed by atoms with Gasteiger partial charge in [-0.15, -0.1) is 11.3 Å². The van der Waals surface area contributed by atoms with Gasteiger partial charge in [0.2, 0.25) is 5.88 Å². The van der Waals surface area contributed by atoms with Crippen molar-refractivity contribution in [1.29, 1.82) is 0 Å². The molecule has 0 fully saturated rings. The summed E-state index contributed by atoms with van der Waals surface area (Å²) >= 11 is 1.53. The Bertz CT molecular complexity index is 873. The Hall–Kier alpha value is -3.00. The summed E-state index contributed by atoms with van der Waals surface area (Å²) in [7, 11) is 0. The number of allylic oxidation sites excluding steroid dienone is 2. The summed E-state index contributed by atoms with van der Waals surface area (Å²) in [4.78, 5) is 17.1. The number of nitrogens with zero attached hydrogens (tertiary/aromatic N) is 4. The molecule has 2 aromatic rings. The minimum atomic E-state index is 0.550. The van der Waals surface area contributed by atoms with Crippen LogP contribution in [-0.2, 0) is 0 Å². The Kier molecular flexibility index (Phi) is 7.31. The van der Waals surface area contributed by atoms with Crippen LogP contribution in [0.25, 0.3) is 11.3 Å². The number of rotatable bonds is 9. The lowest BCUT2D eigenvalue weighted by Crippen LogP contribution is -2.35. The number of guanidine groups is 1. The van der Waals surface area contributed by atoms with Crippen LogP contribution in [0.1, 0.15) is 19.3 Å². The highest BCUT2D eigenvalue weighted by molar-refractivity contribution is 7.14. The quantitative estimate of drug-likeness (QED) is 0.382. The zero-order chi connectivity index (χ0) is 19.6. The lowest BCUT2D eigenvalue weighted by atomic mass is 10.1. The standard InChI is InChI=1S/C20H24N6OS/c1-15(8-12-21-2)6-4-13-27-18-16(7-3-9-22-18)17-14-28-20(25-17)26-19-23-10-5-11-24-19/h3,7-9,12,14H,1-2,4-6,10-11,13H2,(H2,23,24,25,26)/b12-8-. The number of pyridine rings is 1. The van der Waals surface area contributed by atoms with Gasteiger partial charge in [0.25, 0.3) is 0 Å². The summed E-state index contributed by atoms with van der Waals surface area (Å²) in [5.41, 5.74) is 2.70. The highest BCUT2D eigenvalue weighted by Gasteiger charge is 2.13. The molecule has 146 valence electrons. The molecule has 0 saturated heterocycles. The van der Waals surface area contributed by atoms with Crippen molar-refractivity contribution in [3.05, 3.63) is 48.1 Å². The fourth-order valence-electron chi connectivity index (χ4n) is 2.58. The van der Waals surface area contributed by atoms with Gasteiger partial charge in [0, 0.05) is 30.9 Å². The summed E-state index contributed by atoms with van der Waals surface area (Å²) in [5, 5.41) is 9.24. The molecule has 0 atom stereocenters. The first-order chi connectivity index (χ1) is 13.8. The third kappa shape index (κ3) is 5.75. The summed E-state index contributed by atoms with van der Waals surface area (Å²) < 4.78 is 5.90. The van der Waals surface area contributed by atoms with E-state index in [9.17, 15) is 0 Å². The van der Waals surface area contributed by atoms with Gasteiger partial charge in [0.1, 0.15) is 0 Å². The molecular formula is C20H24N6OS. The van der Waals surface area contributed by atoms with Crippen molar-refractivity contribution >= 4 is 29.1 Å². The van der Waals surface area contributed by atoms with Crippen LogP contribution in [0.4, 0.5) is 5.13 Å². The number of hydrogen-bond donors (Lipinski definition) is 2. The first kappa shape index (κ1) is 19.8. The van der Waals surface area contributed by atoms with Gasteiger partial charge in [0.05, 0.1) is 17.9 Å². The minimum Gasteiger partial charge on any atom is -0.477 e. The Balaban J connectivity index is 1.59. The van der Waals surface area contributed by atoms with E-state index in [0.717, 1.165) is 60.3 Å². The van der Waals surface area contributed by atoms with E-state index in [-0.39, 0.29) is 0 Å². The van der Waals surface area contributed by atoms with Crippen molar-refractivity contribution < 1.29 is 4.74 Å². The van der Waals surface area contributed by atoms with Crippen molar-refractivity contribution in [2.75, 3.05) is 25.0 Å².